The van der Waals surface area contributed by atoms with E-state index in [2.05, 4.69) is 53.2 Å². The highest BCUT2D eigenvalue weighted by atomic mass is 35.5. The number of ether oxygens (including phenoxy) is 4. The Kier molecular flexibility index (Phi) is 12.2. The number of methoxy groups -OCH3 is 2. The molecule has 5 heterocycles. The summed E-state index contributed by atoms with van der Waals surface area (Å²) in [6.07, 6.45) is 11.4. The lowest BCUT2D eigenvalue weighted by Crippen LogP contribution is -2.62. The van der Waals surface area contributed by atoms with E-state index < -0.39 is 27.3 Å². The van der Waals surface area contributed by atoms with Crippen molar-refractivity contribution in [2.24, 2.45) is 29.2 Å². The molecule has 3 fully saturated rings. The summed E-state index contributed by atoms with van der Waals surface area (Å²) in [6, 6.07) is 12.0. The summed E-state index contributed by atoms with van der Waals surface area (Å²) in [5.41, 5.74) is 2.78. The molecule has 16 heteroatoms. The van der Waals surface area contributed by atoms with Crippen LogP contribution < -0.4 is 19.1 Å². The maximum absolute atomic E-state index is 15.0. The Morgan fingerprint density at radius 2 is 1.98 bits per heavy atom. The molecule has 1 saturated carbocycles. The van der Waals surface area contributed by atoms with E-state index in [0.717, 1.165) is 95.3 Å². The number of nitrogens with zero attached hydrogens (tertiary/aromatic N) is 6. The highest BCUT2D eigenvalue weighted by molar-refractivity contribution is 7.92. The zero-order chi connectivity index (χ0) is 43.2. The number of fused-ring (bicyclic) bond motifs is 5. The summed E-state index contributed by atoms with van der Waals surface area (Å²) in [5, 5.41) is 4.94. The van der Waals surface area contributed by atoms with Crippen molar-refractivity contribution < 1.29 is 32.7 Å². The Labute approximate surface area is 370 Å². The van der Waals surface area contributed by atoms with E-state index in [4.69, 9.17) is 30.5 Å². The van der Waals surface area contributed by atoms with Crippen LogP contribution in [-0.2, 0) is 38.3 Å². The molecule has 4 aliphatic heterocycles. The molecule has 9 rings (SSSR count). The number of benzene rings is 2. The van der Waals surface area contributed by atoms with Crippen LogP contribution in [0.15, 0.2) is 59.1 Å². The summed E-state index contributed by atoms with van der Waals surface area (Å²) in [5.74, 6) is -0.368. The second kappa shape index (κ2) is 17.5. The van der Waals surface area contributed by atoms with Crippen molar-refractivity contribution in [1.29, 1.82) is 0 Å². The number of hydrogen-bond donors (Lipinski definition) is 1. The van der Waals surface area contributed by atoms with Crippen LogP contribution in [0.3, 0.4) is 0 Å². The molecule has 334 valence electrons. The molecule has 2 aromatic carbocycles. The normalized spacial score (nSPS) is 32.2. The summed E-state index contributed by atoms with van der Waals surface area (Å²) in [7, 11) is 1.26. The van der Waals surface area contributed by atoms with Crippen LogP contribution in [0.4, 0.5) is 5.69 Å². The molecular formula is C46H60ClN7O7S. The second-order valence-electron chi connectivity index (χ2n) is 18.5. The third-order valence-corrected chi connectivity index (χ3v) is 16.5. The maximum atomic E-state index is 15.0. The van der Waals surface area contributed by atoms with Gasteiger partial charge in [0, 0.05) is 88.2 Å². The minimum Gasteiger partial charge on any atom is -0.490 e. The van der Waals surface area contributed by atoms with Crippen molar-refractivity contribution in [3.8, 4) is 11.6 Å². The molecule has 1 aromatic heterocycles. The monoisotopic (exact) mass is 889 g/mol. The number of halogens is 1. The Morgan fingerprint density at radius 1 is 1.11 bits per heavy atom. The number of allylic oxidation sites excluding steroid dienone is 1. The number of carbonyl (C=O) groups excluding carboxylic acids is 2. The molecule has 7 atom stereocenters. The summed E-state index contributed by atoms with van der Waals surface area (Å²) >= 11 is 6.56. The first-order chi connectivity index (χ1) is 29.9. The highest BCUT2D eigenvalue weighted by Crippen LogP contribution is 2.49. The van der Waals surface area contributed by atoms with Gasteiger partial charge in [0.2, 0.25) is 5.88 Å². The van der Waals surface area contributed by atoms with Gasteiger partial charge in [-0.2, -0.15) is 0 Å². The minimum atomic E-state index is -3.67. The van der Waals surface area contributed by atoms with E-state index in [1.165, 1.54) is 29.1 Å². The molecule has 2 bridgehead atoms. The number of nitrogens with one attached hydrogen (secondary N) is 1. The second-order valence-corrected chi connectivity index (χ2v) is 20.9. The molecule has 2 saturated heterocycles. The Balaban J connectivity index is 1.12. The van der Waals surface area contributed by atoms with Crippen LogP contribution in [-0.4, -0.2) is 133 Å². The van der Waals surface area contributed by atoms with Crippen molar-refractivity contribution in [3.05, 3.63) is 82.0 Å². The first kappa shape index (κ1) is 43.3. The molecule has 3 aromatic rings. The predicted octanol–water partition coefficient (Wildman–Crippen LogP) is 5.53. The molecule has 0 radical (unpaired) electrons. The summed E-state index contributed by atoms with van der Waals surface area (Å²) in [6.45, 7) is 9.96. The fraction of sp³-hybridized carbons (Fsp3) is 0.587. The number of aryl methyl sites for hydroxylation is 2. The summed E-state index contributed by atoms with van der Waals surface area (Å²) in [4.78, 5) is 35.6. The number of anilines is 1. The van der Waals surface area contributed by atoms with E-state index in [9.17, 15) is 13.8 Å². The first-order valence-electron chi connectivity index (χ1n) is 22.2. The predicted molar refractivity (Wildman–Crippen MR) is 239 cm³/mol. The molecule has 6 aliphatic rings. The average molecular weight is 891 g/mol. The van der Waals surface area contributed by atoms with Crippen LogP contribution >= 0.6 is 11.6 Å². The number of aromatic nitrogens is 2. The number of morpholine rings is 1. The van der Waals surface area contributed by atoms with Crippen LogP contribution in [0.5, 0.6) is 11.6 Å². The van der Waals surface area contributed by atoms with Crippen LogP contribution in [0.2, 0.25) is 5.02 Å². The molecule has 1 N–H and O–H groups in total. The maximum Gasteiger partial charge on any atom is 0.286 e. The van der Waals surface area contributed by atoms with Gasteiger partial charge in [-0.25, -0.2) is 4.21 Å². The Bertz CT molecular complexity index is 2350. The smallest absolute Gasteiger partial charge is 0.286 e. The number of rotatable bonds is 6. The number of hydrogen-bond acceptors (Lipinski definition) is 11. The molecule has 2 aliphatic carbocycles. The Hall–Kier alpha value is -3.99. The lowest BCUT2D eigenvalue weighted by molar-refractivity contribution is -0.108. The van der Waals surface area contributed by atoms with Crippen LogP contribution in [0, 0.1) is 17.8 Å². The molecule has 1 spiro atoms. The van der Waals surface area contributed by atoms with Crippen LogP contribution in [0.25, 0.3) is 0 Å². The fourth-order valence-corrected chi connectivity index (χ4v) is 13.1. The van der Waals surface area contributed by atoms with Crippen molar-refractivity contribution in [3.63, 3.8) is 0 Å². The van der Waals surface area contributed by atoms with Gasteiger partial charge in [-0.15, -0.1) is 9.46 Å². The SMILES string of the molecule is COc1nn(C)cc1C(=O)N[S@@]1(=O)=NC(=O)c2ccc3c(c2)N(C[C@@H]2CC[C@H]2[C@](CN2CCN4CCOC[C@@H]4C2)(OC)/C=C/C[C@H](C)C1)C[C@@]1(CCCc2cc(Cl)ccc21)CO3. The minimum absolute atomic E-state index is 0.0564. The van der Waals surface area contributed by atoms with Gasteiger partial charge in [-0.1, -0.05) is 36.7 Å². The van der Waals surface area contributed by atoms with Crippen molar-refractivity contribution >= 4 is 39.0 Å². The molecule has 14 nitrogen and oxygen atoms in total. The third-order valence-electron chi connectivity index (χ3n) is 14.3. The van der Waals surface area contributed by atoms with Crippen molar-refractivity contribution in [2.45, 2.75) is 62.5 Å². The van der Waals surface area contributed by atoms with Gasteiger partial charge in [0.1, 0.15) is 26.8 Å². The quantitative estimate of drug-likeness (QED) is 0.313. The van der Waals surface area contributed by atoms with Crippen LogP contribution in [0.1, 0.15) is 70.9 Å². The lowest BCUT2D eigenvalue weighted by Gasteiger charge is -2.53. The number of amides is 2. The Morgan fingerprint density at radius 3 is 2.79 bits per heavy atom. The first-order valence-corrected chi connectivity index (χ1v) is 24.2. The van der Waals surface area contributed by atoms with Gasteiger partial charge < -0.3 is 23.8 Å². The number of carbonyl (C=O) groups is 2. The van der Waals surface area contributed by atoms with E-state index in [1.807, 2.05) is 32.2 Å². The average Bonchev–Trinajstić information content (AvgIpc) is 3.56. The van der Waals surface area contributed by atoms with Gasteiger partial charge in [-0.05, 0) is 97.7 Å². The zero-order valence-electron chi connectivity index (χ0n) is 36.4. The van der Waals surface area contributed by atoms with E-state index in [1.54, 1.807) is 13.1 Å². The van der Waals surface area contributed by atoms with Gasteiger partial charge in [0.25, 0.3) is 11.8 Å². The molecule has 0 unspecified atom stereocenters. The molecule has 2 amide bonds. The summed E-state index contributed by atoms with van der Waals surface area (Å²) < 4.78 is 48.3. The van der Waals surface area contributed by atoms with Gasteiger partial charge in [-0.3, -0.25) is 28.8 Å². The topological polar surface area (TPSA) is 140 Å². The van der Waals surface area contributed by atoms with Gasteiger partial charge in [0.15, 0.2) is 0 Å². The molecular weight excluding hydrogens is 830 g/mol. The fourth-order valence-electron chi connectivity index (χ4n) is 11.1. The van der Waals surface area contributed by atoms with E-state index >= 15 is 0 Å². The van der Waals surface area contributed by atoms with Gasteiger partial charge >= 0.3 is 0 Å². The van der Waals surface area contributed by atoms with E-state index in [-0.39, 0.29) is 40.0 Å². The molecule has 62 heavy (non-hydrogen) atoms. The third kappa shape index (κ3) is 8.52. The van der Waals surface area contributed by atoms with Crippen molar-refractivity contribution in [2.75, 3.05) is 90.5 Å². The standard InChI is InChI=1S/C46H60ClN7O7S/c1-31-7-5-16-46(59-4,29-52-17-18-53-19-20-60-26-36(53)24-52)39-12-9-34(39)23-54-28-45(15-6-8-32-21-35(47)11-13-38(32)45)30-61-41-14-10-33(22-40(41)54)42(55)49-62(57,27-31)50-43(56)37-25-51(2)48-44(37)58-3/h5,10-11,13-14,16,21-22,25,31,34,36,39H,6-9,12,15,17-20,23-24,26-30H2,1-4H3,(H,49,50,55,56,57)/b16-5+/t31-,34-,36-,39+,45-,46-,62-/m0/s1. The zero-order valence-corrected chi connectivity index (χ0v) is 37.9. The largest absolute Gasteiger partial charge is 0.490 e. The number of piperazine rings is 1. The van der Waals surface area contributed by atoms with E-state index in [0.29, 0.717) is 37.3 Å². The van der Waals surface area contributed by atoms with Gasteiger partial charge in [0.05, 0.1) is 38.4 Å². The lowest BCUT2D eigenvalue weighted by atomic mass is 9.63. The van der Waals surface area contributed by atoms with Crippen molar-refractivity contribution in [1.82, 2.24) is 24.3 Å². The highest BCUT2D eigenvalue weighted by Gasteiger charge is 2.50.